The van der Waals surface area contributed by atoms with E-state index >= 15 is 0 Å². The third-order valence-corrected chi connectivity index (χ3v) is 4.09. The van der Waals surface area contributed by atoms with Crippen LogP contribution >= 0.6 is 0 Å². The summed E-state index contributed by atoms with van der Waals surface area (Å²) in [5.74, 6) is 0. The van der Waals surface area contributed by atoms with Crippen LogP contribution in [0.25, 0.3) is 0 Å². The zero-order chi connectivity index (χ0) is 14.3. The first kappa shape index (κ1) is 14.0. The molecule has 0 bridgehead atoms. The maximum absolute atomic E-state index is 4.15. The van der Waals surface area contributed by atoms with Crippen LogP contribution in [0.4, 0.5) is 5.69 Å². The van der Waals surface area contributed by atoms with Crippen molar-refractivity contribution in [3.63, 3.8) is 0 Å². The van der Waals surface area contributed by atoms with Crippen LogP contribution in [0.2, 0.25) is 0 Å². The fourth-order valence-electron chi connectivity index (χ4n) is 2.86. The van der Waals surface area contributed by atoms with Crippen LogP contribution in [0.3, 0.4) is 0 Å². The highest BCUT2D eigenvalue weighted by molar-refractivity contribution is 5.44. The molecule has 1 aliphatic rings. The van der Waals surface area contributed by atoms with Crippen LogP contribution < -0.4 is 10.2 Å². The summed E-state index contributed by atoms with van der Waals surface area (Å²) in [6, 6.07) is 8.97. The van der Waals surface area contributed by atoms with Gasteiger partial charge in [0.2, 0.25) is 0 Å². The molecule has 0 atom stereocenters. The number of anilines is 1. The van der Waals surface area contributed by atoms with E-state index in [9.17, 15) is 0 Å². The minimum atomic E-state index is 0.639. The first-order valence-corrected chi connectivity index (χ1v) is 7.69. The van der Waals surface area contributed by atoms with E-state index in [-0.39, 0.29) is 0 Å². The minimum Gasteiger partial charge on any atom is -0.371 e. The lowest BCUT2D eigenvalue weighted by molar-refractivity contribution is 0.417. The first-order valence-electron chi connectivity index (χ1n) is 7.69. The number of pyridine rings is 2. The topological polar surface area (TPSA) is 41.1 Å². The van der Waals surface area contributed by atoms with Gasteiger partial charge in [-0.2, -0.15) is 0 Å². The van der Waals surface area contributed by atoms with Crippen molar-refractivity contribution in [2.45, 2.75) is 25.3 Å². The van der Waals surface area contributed by atoms with Gasteiger partial charge in [0.15, 0.2) is 0 Å². The number of nitrogens with one attached hydrogen (secondary N) is 1. The summed E-state index contributed by atoms with van der Waals surface area (Å²) in [7, 11) is 0. The molecule has 110 valence electrons. The second kappa shape index (κ2) is 7.18. The number of nitrogens with zero attached hydrogens (tertiary/aromatic N) is 3. The third-order valence-electron chi connectivity index (χ3n) is 4.09. The maximum atomic E-state index is 4.15. The van der Waals surface area contributed by atoms with Crippen molar-refractivity contribution in [1.29, 1.82) is 0 Å². The lowest BCUT2D eigenvalue weighted by Gasteiger charge is -2.34. The van der Waals surface area contributed by atoms with Gasteiger partial charge >= 0.3 is 0 Å². The standard InChI is InChI=1S/C17H22N4/c1-2-15(14-19-8-1)3-11-20-16-6-12-21(13-7-16)17-4-9-18-10-5-17/h1-2,4-5,8-10,14,16,20H,3,6-7,11-13H2. The molecule has 0 aliphatic carbocycles. The average molecular weight is 282 g/mol. The Morgan fingerprint density at radius 1 is 1.05 bits per heavy atom. The molecule has 0 amide bonds. The van der Waals surface area contributed by atoms with E-state index in [4.69, 9.17) is 0 Å². The predicted molar refractivity (Wildman–Crippen MR) is 85.4 cm³/mol. The van der Waals surface area contributed by atoms with Gasteiger partial charge in [0, 0.05) is 49.6 Å². The Bertz CT molecular complexity index is 518. The number of rotatable bonds is 5. The fourth-order valence-corrected chi connectivity index (χ4v) is 2.86. The highest BCUT2D eigenvalue weighted by atomic mass is 15.1. The van der Waals surface area contributed by atoms with Gasteiger partial charge in [-0.15, -0.1) is 0 Å². The van der Waals surface area contributed by atoms with E-state index in [0.717, 1.165) is 26.1 Å². The Balaban J connectivity index is 1.40. The maximum Gasteiger partial charge on any atom is 0.0397 e. The Labute approximate surface area is 126 Å². The molecule has 0 unspecified atom stereocenters. The molecule has 1 aliphatic heterocycles. The Hall–Kier alpha value is -1.94. The second-order valence-electron chi connectivity index (χ2n) is 5.53. The molecule has 4 nitrogen and oxygen atoms in total. The molecule has 0 aromatic carbocycles. The SMILES string of the molecule is c1cncc(CCNC2CCN(c3ccncc3)CC2)c1. The van der Waals surface area contributed by atoms with E-state index in [1.165, 1.54) is 24.1 Å². The van der Waals surface area contributed by atoms with Crippen LogP contribution in [-0.2, 0) is 6.42 Å². The summed E-state index contributed by atoms with van der Waals surface area (Å²) < 4.78 is 0. The van der Waals surface area contributed by atoms with E-state index in [2.05, 4.69) is 38.4 Å². The highest BCUT2D eigenvalue weighted by Gasteiger charge is 2.18. The number of piperidine rings is 1. The zero-order valence-corrected chi connectivity index (χ0v) is 12.3. The predicted octanol–water partition coefficient (Wildman–Crippen LogP) is 2.28. The average Bonchev–Trinajstić information content (AvgIpc) is 2.57. The van der Waals surface area contributed by atoms with Crippen molar-refractivity contribution in [3.8, 4) is 0 Å². The molecule has 2 aromatic rings. The van der Waals surface area contributed by atoms with Crippen molar-refractivity contribution < 1.29 is 0 Å². The van der Waals surface area contributed by atoms with E-state index in [0.29, 0.717) is 6.04 Å². The van der Waals surface area contributed by atoms with E-state index in [1.54, 1.807) is 0 Å². The van der Waals surface area contributed by atoms with Crippen LogP contribution in [-0.4, -0.2) is 35.6 Å². The van der Waals surface area contributed by atoms with Crippen LogP contribution in [0, 0.1) is 0 Å². The minimum absolute atomic E-state index is 0.639. The van der Waals surface area contributed by atoms with Gasteiger partial charge in [-0.1, -0.05) is 6.07 Å². The van der Waals surface area contributed by atoms with Gasteiger partial charge in [-0.3, -0.25) is 9.97 Å². The quantitative estimate of drug-likeness (QED) is 0.913. The zero-order valence-electron chi connectivity index (χ0n) is 12.3. The molecule has 0 radical (unpaired) electrons. The summed E-state index contributed by atoms with van der Waals surface area (Å²) in [6.07, 6.45) is 11.0. The molecule has 3 rings (SSSR count). The second-order valence-corrected chi connectivity index (χ2v) is 5.53. The molecule has 1 fully saturated rings. The highest BCUT2D eigenvalue weighted by Crippen LogP contribution is 2.18. The molecular formula is C17H22N4. The molecule has 2 aromatic heterocycles. The van der Waals surface area contributed by atoms with Gasteiger partial charge in [-0.05, 0) is 49.6 Å². The molecule has 0 spiro atoms. The van der Waals surface area contributed by atoms with Crippen molar-refractivity contribution in [1.82, 2.24) is 15.3 Å². The molecule has 0 saturated carbocycles. The molecule has 4 heteroatoms. The lowest BCUT2D eigenvalue weighted by Crippen LogP contribution is -2.43. The van der Waals surface area contributed by atoms with Crippen LogP contribution in [0.5, 0.6) is 0 Å². The van der Waals surface area contributed by atoms with Crippen molar-refractivity contribution in [2.24, 2.45) is 0 Å². The Kier molecular flexibility index (Phi) is 4.79. The summed E-state index contributed by atoms with van der Waals surface area (Å²) in [5, 5.41) is 3.68. The largest absolute Gasteiger partial charge is 0.371 e. The Morgan fingerprint density at radius 3 is 2.57 bits per heavy atom. The van der Waals surface area contributed by atoms with Crippen molar-refractivity contribution >= 4 is 5.69 Å². The molecule has 1 saturated heterocycles. The summed E-state index contributed by atoms with van der Waals surface area (Å²) in [4.78, 5) is 10.7. The lowest BCUT2D eigenvalue weighted by atomic mass is 10.0. The first-order chi connectivity index (χ1) is 10.4. The molecule has 3 heterocycles. The van der Waals surface area contributed by atoms with Crippen LogP contribution in [0.15, 0.2) is 49.1 Å². The van der Waals surface area contributed by atoms with Crippen molar-refractivity contribution in [2.75, 3.05) is 24.5 Å². The van der Waals surface area contributed by atoms with Gasteiger partial charge in [-0.25, -0.2) is 0 Å². The smallest absolute Gasteiger partial charge is 0.0397 e. The summed E-state index contributed by atoms with van der Waals surface area (Å²) in [5.41, 5.74) is 2.60. The Morgan fingerprint density at radius 2 is 1.86 bits per heavy atom. The van der Waals surface area contributed by atoms with E-state index < -0.39 is 0 Å². The van der Waals surface area contributed by atoms with Crippen LogP contribution in [0.1, 0.15) is 18.4 Å². The normalized spacial score (nSPS) is 16.1. The van der Waals surface area contributed by atoms with Crippen molar-refractivity contribution in [3.05, 3.63) is 54.6 Å². The summed E-state index contributed by atoms with van der Waals surface area (Å²) in [6.45, 7) is 3.27. The van der Waals surface area contributed by atoms with Gasteiger partial charge in [0.05, 0.1) is 0 Å². The third kappa shape index (κ3) is 4.02. The fraction of sp³-hybridized carbons (Fsp3) is 0.412. The molecule has 21 heavy (non-hydrogen) atoms. The summed E-state index contributed by atoms with van der Waals surface area (Å²) >= 11 is 0. The number of hydrogen-bond donors (Lipinski definition) is 1. The van der Waals surface area contributed by atoms with Gasteiger partial charge in [0.25, 0.3) is 0 Å². The molecular weight excluding hydrogens is 260 g/mol. The number of hydrogen-bond acceptors (Lipinski definition) is 4. The van der Waals surface area contributed by atoms with Gasteiger partial charge in [0.1, 0.15) is 0 Å². The van der Waals surface area contributed by atoms with Gasteiger partial charge < -0.3 is 10.2 Å². The molecule has 1 N–H and O–H groups in total. The monoisotopic (exact) mass is 282 g/mol. The number of aromatic nitrogens is 2. The van der Waals surface area contributed by atoms with E-state index in [1.807, 2.05) is 30.9 Å².